The van der Waals surface area contributed by atoms with Gasteiger partial charge in [0.1, 0.15) is 18.9 Å². The van der Waals surface area contributed by atoms with Gasteiger partial charge in [-0.3, -0.25) is 9.10 Å². The van der Waals surface area contributed by atoms with Crippen LogP contribution < -0.4 is 14.4 Å². The molecule has 0 radical (unpaired) electrons. The molecule has 0 atom stereocenters. The number of nitrogens with one attached hydrogen (secondary N) is 1. The van der Waals surface area contributed by atoms with Gasteiger partial charge >= 0.3 is 6.18 Å². The Morgan fingerprint density at radius 2 is 1.69 bits per heavy atom. The summed E-state index contributed by atoms with van der Waals surface area (Å²) in [5.41, 5.74) is -0.417. The monoisotopic (exact) mass is 540 g/mol. The molecule has 1 N–H and O–H groups in total. The summed E-state index contributed by atoms with van der Waals surface area (Å²) >= 11 is 6.11. The van der Waals surface area contributed by atoms with Crippen LogP contribution >= 0.6 is 11.6 Å². The lowest BCUT2D eigenvalue weighted by Gasteiger charge is -2.25. The van der Waals surface area contributed by atoms with Crippen molar-refractivity contribution in [2.75, 3.05) is 24.0 Å². The van der Waals surface area contributed by atoms with E-state index in [0.29, 0.717) is 16.1 Å². The first-order chi connectivity index (χ1) is 17.0. The van der Waals surface area contributed by atoms with E-state index >= 15 is 0 Å². The second-order valence-electron chi connectivity index (χ2n) is 7.68. The lowest BCUT2D eigenvalue weighted by molar-refractivity contribution is -0.137. The highest BCUT2D eigenvalue weighted by Crippen LogP contribution is 2.37. The van der Waals surface area contributed by atoms with Gasteiger partial charge in [-0.25, -0.2) is 8.42 Å². The van der Waals surface area contributed by atoms with Crippen LogP contribution in [0, 0.1) is 0 Å². The fraction of sp³-hybridized carbons (Fsp3) is 0.240. The van der Waals surface area contributed by atoms with Crippen LogP contribution in [0.5, 0.6) is 5.75 Å². The second kappa shape index (κ2) is 11.7. The van der Waals surface area contributed by atoms with Crippen molar-refractivity contribution >= 4 is 33.2 Å². The van der Waals surface area contributed by atoms with Crippen molar-refractivity contribution in [3.8, 4) is 5.75 Å². The smallest absolute Gasteiger partial charge is 0.416 e. The molecule has 0 unspecified atom stereocenters. The fourth-order valence-corrected chi connectivity index (χ4v) is 4.99. The SMILES string of the molecule is CCc1ccc(OCCNC(=O)CN(c2cc(C(F)(F)F)ccc2Cl)S(=O)(=O)c2ccccc2)cc1. The first-order valence-electron chi connectivity index (χ1n) is 11.0. The third kappa shape index (κ3) is 6.92. The highest BCUT2D eigenvalue weighted by atomic mass is 35.5. The summed E-state index contributed by atoms with van der Waals surface area (Å²) in [6, 6.07) is 16.8. The molecule has 192 valence electrons. The quantitative estimate of drug-likeness (QED) is 0.354. The molecule has 0 aliphatic rings. The van der Waals surface area contributed by atoms with Crippen molar-refractivity contribution in [1.82, 2.24) is 5.32 Å². The number of aryl methyl sites for hydroxylation is 1. The zero-order valence-electron chi connectivity index (χ0n) is 19.3. The molecular formula is C25H24ClF3N2O4S. The van der Waals surface area contributed by atoms with E-state index in [1.54, 1.807) is 18.2 Å². The lowest BCUT2D eigenvalue weighted by atomic mass is 10.2. The van der Waals surface area contributed by atoms with Crippen molar-refractivity contribution in [3.63, 3.8) is 0 Å². The zero-order valence-corrected chi connectivity index (χ0v) is 20.8. The molecule has 0 aliphatic carbocycles. The van der Waals surface area contributed by atoms with E-state index in [1.807, 2.05) is 19.1 Å². The average Bonchev–Trinajstić information content (AvgIpc) is 2.86. The van der Waals surface area contributed by atoms with Crippen LogP contribution in [0.1, 0.15) is 18.1 Å². The van der Waals surface area contributed by atoms with E-state index in [-0.39, 0.29) is 23.1 Å². The van der Waals surface area contributed by atoms with Crippen molar-refractivity contribution < 1.29 is 31.1 Å². The molecule has 3 aromatic carbocycles. The number of nitrogens with zero attached hydrogens (tertiary/aromatic N) is 1. The van der Waals surface area contributed by atoms with Crippen LogP contribution in [0.4, 0.5) is 18.9 Å². The highest BCUT2D eigenvalue weighted by molar-refractivity contribution is 7.92. The molecule has 0 bridgehead atoms. The summed E-state index contributed by atoms with van der Waals surface area (Å²) in [4.78, 5) is 12.5. The molecule has 3 aromatic rings. The Labute approximate surface area is 212 Å². The minimum atomic E-state index is -4.74. The largest absolute Gasteiger partial charge is 0.492 e. The van der Waals surface area contributed by atoms with E-state index in [4.69, 9.17) is 16.3 Å². The van der Waals surface area contributed by atoms with Crippen molar-refractivity contribution in [2.45, 2.75) is 24.4 Å². The van der Waals surface area contributed by atoms with Gasteiger partial charge in [0.15, 0.2) is 0 Å². The summed E-state index contributed by atoms with van der Waals surface area (Å²) in [7, 11) is -4.42. The molecule has 0 aromatic heterocycles. The number of carbonyl (C=O) groups excluding carboxylic acids is 1. The van der Waals surface area contributed by atoms with E-state index in [9.17, 15) is 26.4 Å². The number of hydrogen-bond acceptors (Lipinski definition) is 4. The Morgan fingerprint density at radius 3 is 2.31 bits per heavy atom. The van der Waals surface area contributed by atoms with Crippen molar-refractivity contribution in [1.29, 1.82) is 0 Å². The van der Waals surface area contributed by atoms with Crippen molar-refractivity contribution in [2.24, 2.45) is 0 Å². The summed E-state index contributed by atoms with van der Waals surface area (Å²) in [6.07, 6.45) is -3.86. The van der Waals surface area contributed by atoms with Crippen molar-refractivity contribution in [3.05, 3.63) is 88.9 Å². The molecule has 0 fully saturated rings. The van der Waals surface area contributed by atoms with Crippen LogP contribution in [-0.2, 0) is 27.4 Å². The van der Waals surface area contributed by atoms with E-state index < -0.39 is 39.9 Å². The third-order valence-electron chi connectivity index (χ3n) is 5.19. The number of halogens is 4. The van der Waals surface area contributed by atoms with Crippen LogP contribution in [0.3, 0.4) is 0 Å². The Morgan fingerprint density at radius 1 is 1.03 bits per heavy atom. The number of benzene rings is 3. The summed E-state index contributed by atoms with van der Waals surface area (Å²) < 4.78 is 72.8. The topological polar surface area (TPSA) is 75.7 Å². The van der Waals surface area contributed by atoms with Crippen LogP contribution in [-0.4, -0.2) is 34.0 Å². The number of amides is 1. The van der Waals surface area contributed by atoms with Crippen LogP contribution in [0.15, 0.2) is 77.7 Å². The van der Waals surface area contributed by atoms with Gasteiger partial charge < -0.3 is 10.1 Å². The molecule has 0 heterocycles. The predicted molar refractivity (Wildman–Crippen MR) is 132 cm³/mol. The number of rotatable bonds is 10. The molecular weight excluding hydrogens is 517 g/mol. The molecule has 0 saturated heterocycles. The summed E-state index contributed by atoms with van der Waals surface area (Å²) in [5.74, 6) is -0.140. The average molecular weight is 541 g/mol. The van der Waals surface area contributed by atoms with E-state index in [1.165, 1.54) is 24.3 Å². The molecule has 11 heteroatoms. The maximum Gasteiger partial charge on any atom is 0.416 e. The summed E-state index contributed by atoms with van der Waals surface area (Å²) in [6.45, 7) is 1.39. The molecule has 0 aliphatic heterocycles. The molecule has 6 nitrogen and oxygen atoms in total. The fourth-order valence-electron chi connectivity index (χ4n) is 3.27. The van der Waals surface area contributed by atoms with Gasteiger partial charge in [0, 0.05) is 0 Å². The Hall–Kier alpha value is -3.24. The van der Waals surface area contributed by atoms with Crippen LogP contribution in [0.25, 0.3) is 0 Å². The molecule has 36 heavy (non-hydrogen) atoms. The van der Waals surface area contributed by atoms with Gasteiger partial charge in [0.2, 0.25) is 5.91 Å². The number of alkyl halides is 3. The van der Waals surface area contributed by atoms with Gasteiger partial charge in [-0.2, -0.15) is 13.2 Å². The first kappa shape index (κ1) is 27.3. The van der Waals surface area contributed by atoms with Gasteiger partial charge in [-0.1, -0.05) is 48.9 Å². The maximum absolute atomic E-state index is 13.3. The minimum Gasteiger partial charge on any atom is -0.492 e. The first-order valence-corrected chi connectivity index (χ1v) is 12.8. The van der Waals surface area contributed by atoms with Gasteiger partial charge in [0.05, 0.1) is 27.7 Å². The van der Waals surface area contributed by atoms with Gasteiger partial charge in [-0.05, 0) is 54.4 Å². The molecule has 3 rings (SSSR count). The van der Waals surface area contributed by atoms with E-state index in [2.05, 4.69) is 5.32 Å². The third-order valence-corrected chi connectivity index (χ3v) is 7.28. The van der Waals surface area contributed by atoms with Gasteiger partial charge in [0.25, 0.3) is 10.0 Å². The lowest BCUT2D eigenvalue weighted by Crippen LogP contribution is -2.42. The van der Waals surface area contributed by atoms with E-state index in [0.717, 1.165) is 24.1 Å². The van der Waals surface area contributed by atoms with Crippen LogP contribution in [0.2, 0.25) is 5.02 Å². The molecule has 1 amide bonds. The number of carbonyl (C=O) groups is 1. The number of hydrogen-bond donors (Lipinski definition) is 1. The number of sulfonamides is 1. The standard InChI is InChI=1S/C25H24ClF3N2O4S/c1-2-18-8-11-20(12-9-18)35-15-14-30-24(32)17-31(36(33,34)21-6-4-3-5-7-21)23-16-19(25(27,28)29)10-13-22(23)26/h3-13,16H,2,14-15,17H2,1H3,(H,30,32). The Kier molecular flexibility index (Phi) is 8.86. The predicted octanol–water partition coefficient (Wildman–Crippen LogP) is 5.31. The maximum atomic E-state index is 13.3. The summed E-state index contributed by atoms with van der Waals surface area (Å²) in [5, 5.41) is 2.27. The normalized spacial score (nSPS) is 11.7. The second-order valence-corrected chi connectivity index (χ2v) is 9.95. The highest BCUT2D eigenvalue weighted by Gasteiger charge is 2.34. The molecule has 0 saturated carbocycles. The minimum absolute atomic E-state index is 0.0455. The Bertz CT molecular complexity index is 1280. The van der Waals surface area contributed by atoms with Gasteiger partial charge in [-0.15, -0.1) is 0 Å². The molecule has 0 spiro atoms. The Balaban J connectivity index is 1.79. The zero-order chi connectivity index (χ0) is 26.3. The number of ether oxygens (including phenoxy) is 1. The number of anilines is 1.